The SMILES string of the molecule is Cc1nn(-c2ccccc2)c(Oc2ccc(F)cc2F)c1CN(CC1CCCO1)C(=O)NC(C)C. The average molecular weight is 485 g/mol. The largest absolute Gasteiger partial charge is 0.435 e. The van der Waals surface area contributed by atoms with Crippen molar-refractivity contribution < 1.29 is 23.0 Å². The Morgan fingerprint density at radius 2 is 2.03 bits per heavy atom. The molecule has 0 saturated carbocycles. The van der Waals surface area contributed by atoms with Crippen molar-refractivity contribution in [2.45, 2.75) is 52.3 Å². The number of nitrogens with one attached hydrogen (secondary N) is 1. The molecule has 1 fully saturated rings. The smallest absolute Gasteiger partial charge is 0.317 e. The number of halogens is 2. The summed E-state index contributed by atoms with van der Waals surface area (Å²) in [5, 5.41) is 7.58. The van der Waals surface area contributed by atoms with Gasteiger partial charge in [0.1, 0.15) is 5.82 Å². The van der Waals surface area contributed by atoms with E-state index in [1.807, 2.05) is 51.1 Å². The number of urea groups is 1. The lowest BCUT2D eigenvalue weighted by molar-refractivity contribution is 0.0789. The second kappa shape index (κ2) is 10.9. The summed E-state index contributed by atoms with van der Waals surface area (Å²) in [5.74, 6) is -1.41. The number of benzene rings is 2. The molecular weight excluding hydrogens is 454 g/mol. The van der Waals surface area contributed by atoms with Gasteiger partial charge >= 0.3 is 6.03 Å². The molecule has 186 valence electrons. The van der Waals surface area contributed by atoms with Crippen molar-refractivity contribution in [1.82, 2.24) is 20.0 Å². The van der Waals surface area contributed by atoms with Gasteiger partial charge in [-0.05, 0) is 57.9 Å². The summed E-state index contributed by atoms with van der Waals surface area (Å²) in [4.78, 5) is 14.8. The van der Waals surface area contributed by atoms with Crippen LogP contribution in [0.5, 0.6) is 11.6 Å². The third-order valence-electron chi connectivity index (χ3n) is 5.73. The normalized spacial score (nSPS) is 15.4. The third-order valence-corrected chi connectivity index (χ3v) is 5.73. The van der Waals surface area contributed by atoms with Gasteiger partial charge in [-0.3, -0.25) is 0 Å². The van der Waals surface area contributed by atoms with Crippen molar-refractivity contribution in [2.24, 2.45) is 0 Å². The second-order valence-electron chi connectivity index (χ2n) is 8.91. The third kappa shape index (κ3) is 5.97. The van der Waals surface area contributed by atoms with Crippen LogP contribution in [0.25, 0.3) is 5.69 Å². The molecule has 1 aromatic heterocycles. The van der Waals surface area contributed by atoms with E-state index in [9.17, 15) is 13.6 Å². The van der Waals surface area contributed by atoms with Gasteiger partial charge in [0.15, 0.2) is 11.6 Å². The van der Waals surface area contributed by atoms with E-state index >= 15 is 0 Å². The Balaban J connectivity index is 1.73. The summed E-state index contributed by atoms with van der Waals surface area (Å²) in [6, 6.07) is 12.1. The predicted octanol–water partition coefficient (Wildman–Crippen LogP) is 5.35. The number of amides is 2. The van der Waals surface area contributed by atoms with Gasteiger partial charge in [-0.25, -0.2) is 18.3 Å². The molecule has 0 aliphatic carbocycles. The first-order valence-electron chi connectivity index (χ1n) is 11.8. The fourth-order valence-corrected chi connectivity index (χ4v) is 4.01. The van der Waals surface area contributed by atoms with Crippen molar-refractivity contribution in [2.75, 3.05) is 13.2 Å². The highest BCUT2D eigenvalue weighted by Gasteiger charge is 2.28. The highest BCUT2D eigenvalue weighted by atomic mass is 19.1. The Labute approximate surface area is 203 Å². The minimum atomic E-state index is -0.830. The van der Waals surface area contributed by atoms with Gasteiger partial charge in [0, 0.05) is 25.3 Å². The van der Waals surface area contributed by atoms with Crippen molar-refractivity contribution in [3.63, 3.8) is 0 Å². The maximum Gasteiger partial charge on any atom is 0.317 e. The van der Waals surface area contributed by atoms with Gasteiger partial charge in [0.05, 0.1) is 29.6 Å². The van der Waals surface area contributed by atoms with Crippen LogP contribution in [0, 0.1) is 18.6 Å². The van der Waals surface area contributed by atoms with Gasteiger partial charge in [0.25, 0.3) is 0 Å². The van der Waals surface area contributed by atoms with Crippen molar-refractivity contribution in [3.8, 4) is 17.3 Å². The van der Waals surface area contributed by atoms with E-state index in [4.69, 9.17) is 9.47 Å². The molecule has 7 nitrogen and oxygen atoms in total. The lowest BCUT2D eigenvalue weighted by Gasteiger charge is -2.27. The number of para-hydroxylation sites is 1. The Hall–Kier alpha value is -3.46. The molecule has 1 atom stereocenters. The molecule has 1 N–H and O–H groups in total. The van der Waals surface area contributed by atoms with Crippen LogP contribution < -0.4 is 10.1 Å². The van der Waals surface area contributed by atoms with E-state index in [1.54, 1.807) is 9.58 Å². The zero-order chi connectivity index (χ0) is 24.9. The molecule has 2 heterocycles. The Bertz CT molecular complexity index is 1160. The zero-order valence-corrected chi connectivity index (χ0v) is 20.1. The van der Waals surface area contributed by atoms with E-state index in [0.717, 1.165) is 25.0 Å². The first kappa shape index (κ1) is 24.7. The number of rotatable bonds is 8. The van der Waals surface area contributed by atoms with Crippen LogP contribution in [0.4, 0.5) is 13.6 Å². The van der Waals surface area contributed by atoms with Gasteiger partial charge in [-0.15, -0.1) is 0 Å². The fourth-order valence-electron chi connectivity index (χ4n) is 4.01. The van der Waals surface area contributed by atoms with Gasteiger partial charge in [-0.2, -0.15) is 5.10 Å². The number of aromatic nitrogens is 2. The van der Waals surface area contributed by atoms with Crippen LogP contribution >= 0.6 is 0 Å². The number of carbonyl (C=O) groups is 1. The molecule has 1 aliphatic heterocycles. The van der Waals surface area contributed by atoms with Crippen LogP contribution in [0.3, 0.4) is 0 Å². The standard InChI is InChI=1S/C26H30F2N4O3/c1-17(2)29-26(33)31(15-21-10-7-13-34-21)16-22-18(3)30-32(20-8-5-4-6-9-20)25(22)35-24-12-11-19(27)14-23(24)28/h4-6,8-9,11-12,14,17,21H,7,10,13,15-16H2,1-3H3,(H,29,33). The van der Waals surface area contributed by atoms with Crippen LogP contribution in [-0.2, 0) is 11.3 Å². The number of hydrogen-bond donors (Lipinski definition) is 1. The first-order valence-corrected chi connectivity index (χ1v) is 11.8. The molecule has 1 aliphatic rings. The van der Waals surface area contributed by atoms with E-state index in [2.05, 4.69) is 10.4 Å². The molecule has 0 radical (unpaired) electrons. The molecule has 4 rings (SSSR count). The maximum absolute atomic E-state index is 14.5. The van der Waals surface area contributed by atoms with Gasteiger partial charge in [0.2, 0.25) is 5.88 Å². The van der Waals surface area contributed by atoms with Crippen molar-refractivity contribution in [1.29, 1.82) is 0 Å². The quantitative estimate of drug-likeness (QED) is 0.468. The molecule has 9 heteroatoms. The molecule has 2 amide bonds. The average Bonchev–Trinajstić information content (AvgIpc) is 3.44. The number of ether oxygens (including phenoxy) is 2. The van der Waals surface area contributed by atoms with Crippen LogP contribution in [-0.4, -0.2) is 46.0 Å². The van der Waals surface area contributed by atoms with Crippen molar-refractivity contribution in [3.05, 3.63) is 71.4 Å². The number of hydrogen-bond acceptors (Lipinski definition) is 4. The number of carbonyl (C=O) groups excluding carboxylic acids is 1. The lowest BCUT2D eigenvalue weighted by atomic mass is 10.2. The highest BCUT2D eigenvalue weighted by molar-refractivity contribution is 5.74. The van der Waals surface area contributed by atoms with E-state index < -0.39 is 11.6 Å². The molecule has 1 unspecified atom stereocenters. The monoisotopic (exact) mass is 484 g/mol. The molecular formula is C26H30F2N4O3. The summed E-state index contributed by atoms with van der Waals surface area (Å²) < 4.78 is 41.4. The van der Waals surface area contributed by atoms with E-state index in [1.165, 1.54) is 6.07 Å². The summed E-state index contributed by atoms with van der Waals surface area (Å²) in [5.41, 5.74) is 1.95. The minimum Gasteiger partial charge on any atom is -0.435 e. The minimum absolute atomic E-state index is 0.0494. The van der Waals surface area contributed by atoms with Gasteiger partial charge < -0.3 is 19.7 Å². The first-order chi connectivity index (χ1) is 16.8. The summed E-state index contributed by atoms with van der Waals surface area (Å²) in [6.45, 7) is 6.86. The molecule has 0 bridgehead atoms. The number of aryl methyl sites for hydroxylation is 1. The summed E-state index contributed by atoms with van der Waals surface area (Å²) in [6.07, 6.45) is 1.77. The highest BCUT2D eigenvalue weighted by Crippen LogP contribution is 2.33. The summed E-state index contributed by atoms with van der Waals surface area (Å²) >= 11 is 0. The van der Waals surface area contributed by atoms with Crippen LogP contribution in [0.2, 0.25) is 0 Å². The Kier molecular flexibility index (Phi) is 7.65. The van der Waals surface area contributed by atoms with E-state index in [-0.39, 0.29) is 36.4 Å². The molecule has 2 aromatic carbocycles. The molecule has 0 spiro atoms. The topological polar surface area (TPSA) is 68.6 Å². The van der Waals surface area contributed by atoms with Gasteiger partial charge in [-0.1, -0.05) is 18.2 Å². The second-order valence-corrected chi connectivity index (χ2v) is 8.91. The maximum atomic E-state index is 14.5. The Morgan fingerprint density at radius 1 is 1.26 bits per heavy atom. The predicted molar refractivity (Wildman–Crippen MR) is 128 cm³/mol. The lowest BCUT2D eigenvalue weighted by Crippen LogP contribution is -2.45. The van der Waals surface area contributed by atoms with Crippen molar-refractivity contribution >= 4 is 6.03 Å². The van der Waals surface area contributed by atoms with E-state index in [0.29, 0.717) is 30.1 Å². The van der Waals surface area contributed by atoms with Crippen LogP contribution in [0.1, 0.15) is 37.9 Å². The fraction of sp³-hybridized carbons (Fsp3) is 0.385. The number of nitrogens with zero attached hydrogens (tertiary/aromatic N) is 3. The molecule has 35 heavy (non-hydrogen) atoms. The molecule has 3 aromatic rings. The Morgan fingerprint density at radius 3 is 2.69 bits per heavy atom. The summed E-state index contributed by atoms with van der Waals surface area (Å²) in [7, 11) is 0. The molecule has 1 saturated heterocycles. The zero-order valence-electron chi connectivity index (χ0n) is 20.1. The van der Waals surface area contributed by atoms with Crippen LogP contribution in [0.15, 0.2) is 48.5 Å².